The van der Waals surface area contributed by atoms with Crippen molar-refractivity contribution in [2.75, 3.05) is 10.6 Å². The van der Waals surface area contributed by atoms with Gasteiger partial charge in [-0.1, -0.05) is 13.3 Å². The Morgan fingerprint density at radius 3 is 2.59 bits per heavy atom. The Kier molecular flexibility index (Phi) is 5.88. The van der Waals surface area contributed by atoms with Gasteiger partial charge in [0.1, 0.15) is 11.6 Å². The third-order valence-corrected chi connectivity index (χ3v) is 6.59. The van der Waals surface area contributed by atoms with Crippen molar-refractivity contribution in [1.82, 2.24) is 20.3 Å². The molecular weight excluding hydrogens is 400 g/mol. The quantitative estimate of drug-likeness (QED) is 0.486. The van der Waals surface area contributed by atoms with E-state index in [1.54, 1.807) is 18.6 Å². The van der Waals surface area contributed by atoms with Gasteiger partial charge in [0, 0.05) is 42.1 Å². The highest BCUT2D eigenvalue weighted by atomic mass is 16.1. The average Bonchev–Trinajstić information content (AvgIpc) is 3.64. The summed E-state index contributed by atoms with van der Waals surface area (Å²) in [6.07, 6.45) is 13.2. The van der Waals surface area contributed by atoms with E-state index in [1.807, 2.05) is 24.3 Å². The lowest BCUT2D eigenvalue weighted by molar-refractivity contribution is 0.0922. The van der Waals surface area contributed by atoms with Gasteiger partial charge in [0.05, 0.1) is 16.8 Å². The van der Waals surface area contributed by atoms with E-state index in [9.17, 15) is 4.79 Å². The van der Waals surface area contributed by atoms with Crippen LogP contribution in [0, 0.1) is 5.92 Å². The van der Waals surface area contributed by atoms with E-state index < -0.39 is 0 Å². The molecule has 0 saturated heterocycles. The second kappa shape index (κ2) is 9.10. The second-order valence-corrected chi connectivity index (χ2v) is 9.02. The fraction of sp³-hybridized carbons (Fsp3) is 0.440. The van der Waals surface area contributed by atoms with E-state index in [0.29, 0.717) is 23.2 Å². The number of carbonyl (C=O) groups excluding carboxylic acids is 1. The molecule has 0 aromatic carbocycles. The molecule has 5 rings (SSSR count). The van der Waals surface area contributed by atoms with Crippen molar-refractivity contribution in [2.24, 2.45) is 5.92 Å². The monoisotopic (exact) mass is 430 g/mol. The first-order valence-electron chi connectivity index (χ1n) is 11.7. The molecule has 2 saturated carbocycles. The predicted octanol–water partition coefficient (Wildman–Crippen LogP) is 5.04. The van der Waals surface area contributed by atoms with Gasteiger partial charge in [-0.15, -0.1) is 0 Å². The molecule has 1 amide bonds. The number of nitrogens with one attached hydrogen (secondary N) is 3. The summed E-state index contributed by atoms with van der Waals surface area (Å²) in [6, 6.07) is 8.38. The molecule has 3 aromatic rings. The SMILES string of the molecule is CC[C@H]1CC[C@H](NC(=O)c2cnc(Nc3ccc4cnccc4n3)cc2NC2CC2)CC1. The first kappa shape index (κ1) is 20.7. The topological polar surface area (TPSA) is 91.8 Å². The Labute approximate surface area is 188 Å². The lowest BCUT2D eigenvalue weighted by Gasteiger charge is -2.28. The third kappa shape index (κ3) is 4.82. The zero-order valence-electron chi connectivity index (χ0n) is 18.5. The van der Waals surface area contributed by atoms with Crippen LogP contribution in [0.2, 0.25) is 0 Å². The standard InChI is InChI=1S/C25H30N6O/c1-2-16-3-6-19(7-4-16)29-25(32)20-15-27-24(13-22(20)28-18-8-9-18)31-23-10-5-17-14-26-12-11-21(17)30-23/h5,10-16,18-19H,2-4,6-9H2,1H3,(H,29,32)(H2,27,28,30,31)/t16-,19-. The number of amides is 1. The van der Waals surface area contributed by atoms with Crippen molar-refractivity contribution in [3.05, 3.63) is 48.4 Å². The Morgan fingerprint density at radius 1 is 1.00 bits per heavy atom. The summed E-state index contributed by atoms with van der Waals surface area (Å²) >= 11 is 0. The highest BCUT2D eigenvalue weighted by Gasteiger charge is 2.26. The molecule has 0 spiro atoms. The number of rotatable bonds is 7. The molecule has 0 bridgehead atoms. The summed E-state index contributed by atoms with van der Waals surface area (Å²) < 4.78 is 0. The van der Waals surface area contributed by atoms with E-state index >= 15 is 0 Å². The molecule has 32 heavy (non-hydrogen) atoms. The van der Waals surface area contributed by atoms with Crippen molar-refractivity contribution < 1.29 is 4.79 Å². The molecule has 7 nitrogen and oxygen atoms in total. The van der Waals surface area contributed by atoms with E-state index in [0.717, 1.165) is 48.2 Å². The summed E-state index contributed by atoms with van der Waals surface area (Å²) in [6.45, 7) is 2.26. The Morgan fingerprint density at radius 2 is 1.81 bits per heavy atom. The van der Waals surface area contributed by atoms with Crippen LogP contribution in [0.4, 0.5) is 17.3 Å². The lowest BCUT2D eigenvalue weighted by atomic mass is 9.84. The Bertz CT molecular complexity index is 1100. The molecule has 2 aliphatic carbocycles. The van der Waals surface area contributed by atoms with Crippen LogP contribution in [0.25, 0.3) is 10.9 Å². The summed E-state index contributed by atoms with van der Waals surface area (Å²) in [7, 11) is 0. The van der Waals surface area contributed by atoms with E-state index in [2.05, 4.69) is 37.8 Å². The number of anilines is 3. The molecule has 7 heteroatoms. The van der Waals surface area contributed by atoms with Gasteiger partial charge in [0.15, 0.2) is 0 Å². The maximum Gasteiger partial charge on any atom is 0.255 e. The maximum absolute atomic E-state index is 13.1. The van der Waals surface area contributed by atoms with Gasteiger partial charge >= 0.3 is 0 Å². The summed E-state index contributed by atoms with van der Waals surface area (Å²) in [5.41, 5.74) is 2.31. The average molecular weight is 431 g/mol. The van der Waals surface area contributed by atoms with Crippen LogP contribution in [0.5, 0.6) is 0 Å². The van der Waals surface area contributed by atoms with Crippen LogP contribution in [-0.2, 0) is 0 Å². The van der Waals surface area contributed by atoms with Crippen LogP contribution in [0.3, 0.4) is 0 Å². The minimum atomic E-state index is -0.0384. The van der Waals surface area contributed by atoms with Crippen LogP contribution in [0.1, 0.15) is 62.2 Å². The maximum atomic E-state index is 13.1. The number of carbonyl (C=O) groups is 1. The molecule has 0 atom stereocenters. The second-order valence-electron chi connectivity index (χ2n) is 9.02. The van der Waals surface area contributed by atoms with Gasteiger partial charge in [-0.25, -0.2) is 9.97 Å². The van der Waals surface area contributed by atoms with Gasteiger partial charge in [-0.2, -0.15) is 0 Å². The molecule has 3 N–H and O–H groups in total. The lowest BCUT2D eigenvalue weighted by Crippen LogP contribution is -2.38. The van der Waals surface area contributed by atoms with Gasteiger partial charge in [0.25, 0.3) is 5.91 Å². The molecule has 0 unspecified atom stereocenters. The zero-order valence-corrected chi connectivity index (χ0v) is 18.5. The normalized spacial score (nSPS) is 20.7. The van der Waals surface area contributed by atoms with Gasteiger partial charge in [0.2, 0.25) is 0 Å². The summed E-state index contributed by atoms with van der Waals surface area (Å²) in [5, 5.41) is 11.0. The highest BCUT2D eigenvalue weighted by molar-refractivity contribution is 6.00. The van der Waals surface area contributed by atoms with Crippen molar-refractivity contribution in [2.45, 2.75) is 64.0 Å². The number of hydrogen-bond acceptors (Lipinski definition) is 6. The molecule has 0 aliphatic heterocycles. The van der Waals surface area contributed by atoms with Crippen molar-refractivity contribution in [3.8, 4) is 0 Å². The van der Waals surface area contributed by atoms with Crippen LogP contribution < -0.4 is 16.0 Å². The number of aromatic nitrogens is 3. The van der Waals surface area contributed by atoms with Crippen LogP contribution in [-0.4, -0.2) is 32.9 Å². The highest BCUT2D eigenvalue weighted by Crippen LogP contribution is 2.30. The number of fused-ring (bicyclic) bond motifs is 1. The molecule has 2 aliphatic rings. The van der Waals surface area contributed by atoms with E-state index in [4.69, 9.17) is 0 Å². The molecular formula is C25H30N6O. The van der Waals surface area contributed by atoms with Crippen molar-refractivity contribution >= 4 is 34.1 Å². The molecule has 166 valence electrons. The first-order chi connectivity index (χ1) is 15.7. The van der Waals surface area contributed by atoms with Gasteiger partial charge in [-0.05, 0) is 62.6 Å². The smallest absolute Gasteiger partial charge is 0.255 e. The van der Waals surface area contributed by atoms with Crippen molar-refractivity contribution in [3.63, 3.8) is 0 Å². The van der Waals surface area contributed by atoms with Crippen LogP contribution in [0.15, 0.2) is 42.9 Å². The van der Waals surface area contributed by atoms with Crippen molar-refractivity contribution in [1.29, 1.82) is 0 Å². The molecule has 0 radical (unpaired) electrons. The third-order valence-electron chi connectivity index (χ3n) is 6.59. The molecule has 3 heterocycles. The Hall–Kier alpha value is -3.22. The molecule has 2 fully saturated rings. The van der Waals surface area contributed by atoms with E-state index in [-0.39, 0.29) is 11.9 Å². The van der Waals surface area contributed by atoms with Crippen LogP contribution >= 0.6 is 0 Å². The molecule has 3 aromatic heterocycles. The summed E-state index contributed by atoms with van der Waals surface area (Å²) in [5.74, 6) is 2.14. The minimum Gasteiger partial charge on any atom is -0.382 e. The number of pyridine rings is 3. The van der Waals surface area contributed by atoms with E-state index in [1.165, 1.54) is 19.3 Å². The van der Waals surface area contributed by atoms with Gasteiger partial charge in [-0.3, -0.25) is 9.78 Å². The first-order valence-corrected chi connectivity index (χ1v) is 11.7. The number of nitrogens with zero attached hydrogens (tertiary/aromatic N) is 3. The Balaban J connectivity index is 1.32. The fourth-order valence-electron chi connectivity index (χ4n) is 4.42. The predicted molar refractivity (Wildman–Crippen MR) is 127 cm³/mol. The fourth-order valence-corrected chi connectivity index (χ4v) is 4.42. The van der Waals surface area contributed by atoms with Gasteiger partial charge < -0.3 is 16.0 Å². The minimum absolute atomic E-state index is 0.0384. The zero-order chi connectivity index (χ0) is 21.9. The summed E-state index contributed by atoms with van der Waals surface area (Å²) in [4.78, 5) is 26.3. The largest absolute Gasteiger partial charge is 0.382 e. The number of hydrogen-bond donors (Lipinski definition) is 3.